The lowest BCUT2D eigenvalue weighted by molar-refractivity contribution is 0.796. The molecule has 0 bridgehead atoms. The van der Waals surface area contributed by atoms with Crippen molar-refractivity contribution in [1.29, 1.82) is 0 Å². The van der Waals surface area contributed by atoms with Gasteiger partial charge in [0, 0.05) is 49.6 Å². The zero-order valence-corrected chi connectivity index (χ0v) is 37.1. The van der Waals surface area contributed by atoms with Gasteiger partial charge in [0.2, 0.25) is 0 Å². The van der Waals surface area contributed by atoms with Crippen molar-refractivity contribution >= 4 is 43.6 Å². The molecule has 5 nitrogen and oxygen atoms in total. The first-order valence-corrected chi connectivity index (χ1v) is 23.4. The highest BCUT2D eigenvalue weighted by atomic mass is 15.0. The molecule has 2 aliphatic carbocycles. The summed E-state index contributed by atoms with van der Waals surface area (Å²) in [5, 5.41) is 4.88. The Labute approximate surface area is 397 Å². The van der Waals surface area contributed by atoms with E-state index in [0.29, 0.717) is 17.5 Å². The third-order valence-electron chi connectivity index (χ3n) is 14.6. The molecule has 0 amide bonds. The molecule has 0 saturated heterocycles. The highest BCUT2D eigenvalue weighted by Gasteiger charge is 2.52. The number of nitrogens with zero attached hydrogens (tertiary/aromatic N) is 5. The van der Waals surface area contributed by atoms with E-state index >= 15 is 0 Å². The molecule has 0 aliphatic heterocycles. The summed E-state index contributed by atoms with van der Waals surface area (Å²) in [5.74, 6) is 1.82. The van der Waals surface area contributed by atoms with Gasteiger partial charge in [-0.3, -0.25) is 0 Å². The van der Waals surface area contributed by atoms with Crippen LogP contribution >= 0.6 is 0 Å². The Hall–Kier alpha value is -9.37. The highest BCUT2D eigenvalue weighted by molar-refractivity contribution is 6.15. The largest absolute Gasteiger partial charge is 0.309 e. The number of benzene rings is 9. The molecule has 13 aromatic rings. The summed E-state index contributed by atoms with van der Waals surface area (Å²) in [6.07, 6.45) is 0. The van der Waals surface area contributed by atoms with E-state index in [2.05, 4.69) is 209 Å². The third kappa shape index (κ3) is 5.28. The molecule has 69 heavy (non-hydrogen) atoms. The van der Waals surface area contributed by atoms with Crippen LogP contribution in [-0.2, 0) is 5.41 Å². The van der Waals surface area contributed by atoms with Crippen molar-refractivity contribution < 1.29 is 0 Å². The van der Waals surface area contributed by atoms with E-state index in [9.17, 15) is 0 Å². The van der Waals surface area contributed by atoms with Crippen LogP contribution in [0, 0.1) is 12.1 Å². The van der Waals surface area contributed by atoms with Gasteiger partial charge >= 0.3 is 0 Å². The van der Waals surface area contributed by atoms with Crippen molar-refractivity contribution in [3.8, 4) is 67.8 Å². The fourth-order valence-corrected chi connectivity index (χ4v) is 11.8. The van der Waals surface area contributed by atoms with Gasteiger partial charge in [-0.15, -0.1) is 0 Å². The van der Waals surface area contributed by atoms with Gasteiger partial charge in [0.05, 0.1) is 27.5 Å². The quantitative estimate of drug-likeness (QED) is 0.173. The summed E-state index contributed by atoms with van der Waals surface area (Å²) in [6, 6.07) is 87.3. The van der Waals surface area contributed by atoms with Crippen LogP contribution in [0.5, 0.6) is 0 Å². The first kappa shape index (κ1) is 37.8. The molecule has 0 fully saturated rings. The number of aromatic nitrogens is 5. The maximum Gasteiger partial charge on any atom is 0.164 e. The lowest BCUT2D eigenvalue weighted by Gasteiger charge is -2.31. The molecule has 3 heterocycles. The fraction of sp³-hybridized carbons (Fsp3) is 0.0156. The molecule has 10 aromatic carbocycles. The predicted molar refractivity (Wildman–Crippen MR) is 279 cm³/mol. The van der Waals surface area contributed by atoms with Crippen molar-refractivity contribution in [1.82, 2.24) is 24.1 Å². The van der Waals surface area contributed by atoms with Crippen molar-refractivity contribution in [2.45, 2.75) is 5.41 Å². The van der Waals surface area contributed by atoms with E-state index in [0.717, 1.165) is 28.1 Å². The van der Waals surface area contributed by atoms with Gasteiger partial charge in [0.15, 0.2) is 17.5 Å². The number of fused-ring (bicyclic) bond motifs is 16. The second-order valence-electron chi connectivity index (χ2n) is 18.2. The standard InChI is InChI=1S/C64H37N5/c1-5-19-40(20-6-1)61-65-62(41-21-7-2-8-22-41)67-63(66-61)42-33-34-46-45-27-13-16-30-53(45)64(54(46)35-42)55-36-51-47-28-14-17-31-57(47)68(43-23-9-3-10-24-43)59(51)38-49(55)50-39-60-52(37-56(50)64)48-29-15-18-32-58(48)69(60)44-25-11-4-12-26-44/h1,3-7,9-39H. The third-order valence-corrected chi connectivity index (χ3v) is 14.6. The van der Waals surface area contributed by atoms with Crippen LogP contribution in [0.15, 0.2) is 224 Å². The lowest BCUT2D eigenvalue weighted by Crippen LogP contribution is -2.26. The Kier molecular flexibility index (Phi) is 7.84. The zero-order valence-electron chi connectivity index (χ0n) is 37.1. The van der Waals surface area contributed by atoms with Crippen LogP contribution in [0.1, 0.15) is 22.3 Å². The van der Waals surface area contributed by atoms with Crippen LogP contribution in [0.25, 0.3) is 111 Å². The average Bonchev–Trinajstić information content (AvgIpc) is 4.11. The average molecular weight is 876 g/mol. The monoisotopic (exact) mass is 875 g/mol. The Balaban J connectivity index is 1.08. The minimum absolute atomic E-state index is 0.591. The summed E-state index contributed by atoms with van der Waals surface area (Å²) in [4.78, 5) is 15.5. The van der Waals surface area contributed by atoms with Crippen molar-refractivity contribution in [2.75, 3.05) is 0 Å². The van der Waals surface area contributed by atoms with Crippen LogP contribution < -0.4 is 0 Å². The number of rotatable bonds is 5. The molecule has 2 aliphatic rings. The molecule has 0 N–H and O–H groups in total. The second kappa shape index (κ2) is 14.3. The van der Waals surface area contributed by atoms with Gasteiger partial charge in [-0.1, -0.05) is 152 Å². The molecule has 0 saturated carbocycles. The molecule has 0 unspecified atom stereocenters. The summed E-state index contributed by atoms with van der Waals surface area (Å²) >= 11 is 0. The molecule has 0 atom stereocenters. The van der Waals surface area contributed by atoms with Crippen molar-refractivity contribution in [2.24, 2.45) is 0 Å². The van der Waals surface area contributed by atoms with Gasteiger partial charge in [0.25, 0.3) is 0 Å². The summed E-state index contributed by atoms with van der Waals surface area (Å²) in [5.41, 5.74) is 18.9. The maximum absolute atomic E-state index is 5.25. The topological polar surface area (TPSA) is 48.5 Å². The maximum atomic E-state index is 5.25. The van der Waals surface area contributed by atoms with E-state index in [1.165, 1.54) is 88.1 Å². The molecule has 15 rings (SSSR count). The minimum atomic E-state index is -0.691. The molecule has 3 aromatic heterocycles. The van der Waals surface area contributed by atoms with Gasteiger partial charge < -0.3 is 9.13 Å². The Morgan fingerprint density at radius 1 is 0.319 bits per heavy atom. The molecule has 1 spiro atoms. The number of para-hydroxylation sites is 4. The van der Waals surface area contributed by atoms with Gasteiger partial charge in [-0.2, -0.15) is 0 Å². The minimum Gasteiger partial charge on any atom is -0.309 e. The van der Waals surface area contributed by atoms with Crippen LogP contribution in [-0.4, -0.2) is 24.1 Å². The van der Waals surface area contributed by atoms with E-state index < -0.39 is 5.41 Å². The molecule has 0 radical (unpaired) electrons. The van der Waals surface area contributed by atoms with Gasteiger partial charge in [-0.05, 0) is 129 Å². The van der Waals surface area contributed by atoms with E-state index in [4.69, 9.17) is 15.0 Å². The summed E-state index contributed by atoms with van der Waals surface area (Å²) in [7, 11) is 0. The number of hydrogen-bond acceptors (Lipinski definition) is 3. The lowest BCUT2D eigenvalue weighted by atomic mass is 9.70. The SMILES string of the molecule is c1ccc(-c2nc(-c3ccccc3)nc(-c3ccc4c(c3)C3(c5ccccc5-4)c4cc5c6ccccc6n(-c6ccccc6)c5cc4-c4cc5c(cc43)c3ccccc3n5-c3ccccc3)n2)cc#1. The molecular weight excluding hydrogens is 839 g/mol. The summed E-state index contributed by atoms with van der Waals surface area (Å²) < 4.78 is 4.88. The Morgan fingerprint density at radius 3 is 1.41 bits per heavy atom. The first-order chi connectivity index (χ1) is 34.2. The smallest absolute Gasteiger partial charge is 0.164 e. The molecule has 5 heteroatoms. The molecule has 318 valence electrons. The van der Waals surface area contributed by atoms with Gasteiger partial charge in [-0.25, -0.2) is 15.0 Å². The molecular formula is C64H37N5. The first-order valence-electron chi connectivity index (χ1n) is 23.4. The number of hydrogen-bond donors (Lipinski definition) is 0. The Morgan fingerprint density at radius 2 is 0.812 bits per heavy atom. The van der Waals surface area contributed by atoms with E-state index in [1.54, 1.807) is 0 Å². The van der Waals surface area contributed by atoms with E-state index in [-0.39, 0.29) is 0 Å². The van der Waals surface area contributed by atoms with Crippen molar-refractivity contribution in [3.05, 3.63) is 259 Å². The normalized spacial score (nSPS) is 12.9. The van der Waals surface area contributed by atoms with Gasteiger partial charge in [0.1, 0.15) is 0 Å². The zero-order chi connectivity index (χ0) is 45.2. The highest BCUT2D eigenvalue weighted by Crippen LogP contribution is 2.64. The second-order valence-corrected chi connectivity index (χ2v) is 18.2. The fourth-order valence-electron chi connectivity index (χ4n) is 11.8. The van der Waals surface area contributed by atoms with Crippen molar-refractivity contribution in [3.63, 3.8) is 0 Å². The summed E-state index contributed by atoms with van der Waals surface area (Å²) in [6.45, 7) is 0. The van der Waals surface area contributed by atoms with Crippen LogP contribution in [0.2, 0.25) is 0 Å². The predicted octanol–water partition coefficient (Wildman–Crippen LogP) is 15.0. The van der Waals surface area contributed by atoms with E-state index in [1.807, 2.05) is 36.4 Å². The Bertz CT molecular complexity index is 4010. The van der Waals surface area contributed by atoms with Crippen LogP contribution in [0.3, 0.4) is 0 Å². The van der Waals surface area contributed by atoms with Crippen LogP contribution in [0.4, 0.5) is 0 Å².